The van der Waals surface area contributed by atoms with Gasteiger partial charge >= 0.3 is 5.97 Å². The molecule has 0 fully saturated rings. The second kappa shape index (κ2) is 6.16. The van der Waals surface area contributed by atoms with Crippen LogP contribution in [0.15, 0.2) is 18.2 Å². The van der Waals surface area contributed by atoms with Gasteiger partial charge in [-0.25, -0.2) is 4.79 Å². The minimum Gasteiger partial charge on any atom is -0.478 e. The van der Waals surface area contributed by atoms with Crippen molar-refractivity contribution in [2.24, 2.45) is 11.7 Å². The number of aromatic carboxylic acids is 1. The van der Waals surface area contributed by atoms with E-state index in [1.54, 1.807) is 13.0 Å². The quantitative estimate of drug-likeness (QED) is 0.740. The Morgan fingerprint density at radius 3 is 2.67 bits per heavy atom. The molecule has 98 valence electrons. The maximum absolute atomic E-state index is 11.8. The maximum Gasteiger partial charge on any atom is 0.335 e. The lowest BCUT2D eigenvalue weighted by molar-refractivity contribution is -0.119. The number of carboxylic acids is 1. The van der Waals surface area contributed by atoms with Gasteiger partial charge in [0.05, 0.1) is 5.56 Å². The molecule has 1 rings (SSSR count). The molecule has 1 unspecified atom stereocenters. The van der Waals surface area contributed by atoms with Crippen molar-refractivity contribution in [1.82, 2.24) is 0 Å². The summed E-state index contributed by atoms with van der Waals surface area (Å²) in [5, 5.41) is 11.6. The molecule has 1 atom stereocenters. The van der Waals surface area contributed by atoms with E-state index in [4.69, 9.17) is 10.8 Å². The summed E-state index contributed by atoms with van der Waals surface area (Å²) in [6, 6.07) is 4.65. The highest BCUT2D eigenvalue weighted by atomic mass is 16.4. The molecule has 18 heavy (non-hydrogen) atoms. The largest absolute Gasteiger partial charge is 0.478 e. The van der Waals surface area contributed by atoms with Crippen molar-refractivity contribution in [2.45, 2.75) is 20.3 Å². The lowest BCUT2D eigenvalue weighted by Gasteiger charge is -2.13. The summed E-state index contributed by atoms with van der Waals surface area (Å²) < 4.78 is 0. The molecule has 0 saturated heterocycles. The van der Waals surface area contributed by atoms with Crippen LogP contribution in [-0.4, -0.2) is 23.5 Å². The number of rotatable bonds is 5. The number of benzene rings is 1. The predicted molar refractivity (Wildman–Crippen MR) is 69.6 cm³/mol. The Bertz CT molecular complexity index is 458. The van der Waals surface area contributed by atoms with Gasteiger partial charge in [-0.05, 0) is 37.6 Å². The van der Waals surface area contributed by atoms with E-state index in [1.165, 1.54) is 12.1 Å². The van der Waals surface area contributed by atoms with E-state index in [9.17, 15) is 9.59 Å². The average Bonchev–Trinajstić information content (AvgIpc) is 2.31. The number of carbonyl (C=O) groups excluding carboxylic acids is 1. The molecular formula is C13H18N2O3. The molecule has 5 nitrogen and oxygen atoms in total. The Labute approximate surface area is 106 Å². The fourth-order valence-corrected chi connectivity index (χ4v) is 1.53. The van der Waals surface area contributed by atoms with Gasteiger partial charge in [-0.3, -0.25) is 4.79 Å². The van der Waals surface area contributed by atoms with Crippen molar-refractivity contribution in [1.29, 1.82) is 0 Å². The van der Waals surface area contributed by atoms with Crippen molar-refractivity contribution in [2.75, 3.05) is 11.9 Å². The third-order valence-corrected chi connectivity index (χ3v) is 2.79. The fraction of sp³-hybridized carbons (Fsp3) is 0.385. The lowest BCUT2D eigenvalue weighted by atomic mass is 10.1. The standard InChI is InChI=1S/C13H18N2O3/c1-8-3-4-10(13(17)18)7-11(8)15-12(16)9(2)5-6-14/h3-4,7,9H,5-6,14H2,1-2H3,(H,15,16)(H,17,18). The molecule has 0 saturated carbocycles. The van der Waals surface area contributed by atoms with E-state index in [1.807, 2.05) is 6.92 Å². The third kappa shape index (κ3) is 3.56. The highest BCUT2D eigenvalue weighted by Gasteiger charge is 2.14. The van der Waals surface area contributed by atoms with Crippen molar-refractivity contribution in [3.8, 4) is 0 Å². The Balaban J connectivity index is 2.86. The Morgan fingerprint density at radius 2 is 2.11 bits per heavy atom. The zero-order chi connectivity index (χ0) is 13.7. The van der Waals surface area contributed by atoms with Crippen LogP contribution in [0.5, 0.6) is 0 Å². The van der Waals surface area contributed by atoms with Gasteiger partial charge in [0.1, 0.15) is 0 Å². The molecule has 1 aromatic rings. The van der Waals surface area contributed by atoms with Crippen molar-refractivity contribution < 1.29 is 14.7 Å². The van der Waals surface area contributed by atoms with Gasteiger partial charge in [-0.1, -0.05) is 13.0 Å². The lowest BCUT2D eigenvalue weighted by Crippen LogP contribution is -2.23. The molecule has 5 heteroatoms. The van der Waals surface area contributed by atoms with Crippen LogP contribution < -0.4 is 11.1 Å². The van der Waals surface area contributed by atoms with Gasteiger partial charge in [-0.2, -0.15) is 0 Å². The Hall–Kier alpha value is -1.88. The molecule has 1 aromatic carbocycles. The SMILES string of the molecule is Cc1ccc(C(=O)O)cc1NC(=O)C(C)CCN. The van der Waals surface area contributed by atoms with E-state index < -0.39 is 5.97 Å². The van der Waals surface area contributed by atoms with E-state index in [0.717, 1.165) is 5.56 Å². The van der Waals surface area contributed by atoms with Crippen LogP contribution in [0, 0.1) is 12.8 Å². The molecule has 4 N–H and O–H groups in total. The monoisotopic (exact) mass is 250 g/mol. The summed E-state index contributed by atoms with van der Waals surface area (Å²) in [7, 11) is 0. The average molecular weight is 250 g/mol. The minimum atomic E-state index is -1.01. The molecule has 0 heterocycles. The highest BCUT2D eigenvalue weighted by Crippen LogP contribution is 2.18. The molecule has 1 amide bonds. The van der Waals surface area contributed by atoms with Crippen molar-refractivity contribution >= 4 is 17.6 Å². The first kappa shape index (κ1) is 14.2. The molecular weight excluding hydrogens is 232 g/mol. The molecule has 0 spiro atoms. The van der Waals surface area contributed by atoms with Gasteiger partial charge in [0.25, 0.3) is 0 Å². The smallest absolute Gasteiger partial charge is 0.335 e. The number of hydrogen-bond acceptors (Lipinski definition) is 3. The van der Waals surface area contributed by atoms with E-state index in [0.29, 0.717) is 18.7 Å². The first-order valence-corrected chi connectivity index (χ1v) is 5.80. The highest BCUT2D eigenvalue weighted by molar-refractivity contribution is 5.95. The van der Waals surface area contributed by atoms with E-state index in [2.05, 4.69) is 5.32 Å². The molecule has 0 aliphatic carbocycles. The van der Waals surface area contributed by atoms with Crippen molar-refractivity contribution in [3.63, 3.8) is 0 Å². The van der Waals surface area contributed by atoms with Gasteiger partial charge in [-0.15, -0.1) is 0 Å². The number of carbonyl (C=O) groups is 2. The Morgan fingerprint density at radius 1 is 1.44 bits per heavy atom. The van der Waals surface area contributed by atoms with Crippen molar-refractivity contribution in [3.05, 3.63) is 29.3 Å². The van der Waals surface area contributed by atoms with Gasteiger partial charge in [0, 0.05) is 11.6 Å². The number of amides is 1. The number of nitrogens with one attached hydrogen (secondary N) is 1. The summed E-state index contributed by atoms with van der Waals surface area (Å²) in [6.45, 7) is 4.05. The minimum absolute atomic E-state index is 0.147. The molecule has 0 aliphatic heterocycles. The number of nitrogens with two attached hydrogens (primary N) is 1. The zero-order valence-electron chi connectivity index (χ0n) is 10.6. The van der Waals surface area contributed by atoms with Crippen LogP contribution in [-0.2, 0) is 4.79 Å². The van der Waals surface area contributed by atoms with Gasteiger partial charge < -0.3 is 16.2 Å². The van der Waals surface area contributed by atoms with Gasteiger partial charge in [0.2, 0.25) is 5.91 Å². The zero-order valence-corrected chi connectivity index (χ0v) is 10.6. The first-order chi connectivity index (χ1) is 8.45. The molecule has 0 radical (unpaired) electrons. The second-order valence-corrected chi connectivity index (χ2v) is 4.30. The summed E-state index contributed by atoms with van der Waals surface area (Å²) in [5.41, 5.74) is 6.91. The first-order valence-electron chi connectivity index (χ1n) is 5.80. The summed E-state index contributed by atoms with van der Waals surface area (Å²) >= 11 is 0. The number of anilines is 1. The number of hydrogen-bond donors (Lipinski definition) is 3. The normalized spacial score (nSPS) is 11.9. The fourth-order valence-electron chi connectivity index (χ4n) is 1.53. The number of aryl methyl sites for hydroxylation is 1. The molecule has 0 aliphatic rings. The van der Waals surface area contributed by atoms with Crippen LogP contribution in [0.25, 0.3) is 0 Å². The van der Waals surface area contributed by atoms with E-state index >= 15 is 0 Å². The predicted octanol–water partition coefficient (Wildman–Crippen LogP) is 1.62. The summed E-state index contributed by atoms with van der Waals surface area (Å²) in [5.74, 6) is -1.35. The summed E-state index contributed by atoms with van der Waals surface area (Å²) in [4.78, 5) is 22.7. The maximum atomic E-state index is 11.8. The number of carboxylic acid groups (broad SMARTS) is 1. The van der Waals surface area contributed by atoms with Crippen LogP contribution >= 0.6 is 0 Å². The van der Waals surface area contributed by atoms with Crippen LogP contribution in [0.1, 0.15) is 29.3 Å². The summed E-state index contributed by atoms with van der Waals surface area (Å²) in [6.07, 6.45) is 0.601. The van der Waals surface area contributed by atoms with E-state index in [-0.39, 0.29) is 17.4 Å². The Kier molecular flexibility index (Phi) is 4.85. The molecule has 0 aromatic heterocycles. The molecule has 0 bridgehead atoms. The van der Waals surface area contributed by atoms with Crippen LogP contribution in [0.2, 0.25) is 0 Å². The van der Waals surface area contributed by atoms with Crippen LogP contribution in [0.3, 0.4) is 0 Å². The van der Waals surface area contributed by atoms with Gasteiger partial charge in [0.15, 0.2) is 0 Å². The topological polar surface area (TPSA) is 92.4 Å². The second-order valence-electron chi connectivity index (χ2n) is 4.30. The third-order valence-electron chi connectivity index (χ3n) is 2.79. The van der Waals surface area contributed by atoms with Crippen LogP contribution in [0.4, 0.5) is 5.69 Å².